The third kappa shape index (κ3) is 2.02. The highest BCUT2D eigenvalue weighted by atomic mass is 15.3. The molecule has 1 heterocycles. The molecule has 4 nitrogen and oxygen atoms in total. The molecule has 118 valence electrons. The number of nitrogens with one attached hydrogen (secondary N) is 1. The molecule has 1 aromatic rings. The van der Waals surface area contributed by atoms with E-state index in [1.807, 2.05) is 20.3 Å². The van der Waals surface area contributed by atoms with Crippen LogP contribution in [0.2, 0.25) is 0 Å². The van der Waals surface area contributed by atoms with Crippen LogP contribution in [0.3, 0.4) is 0 Å². The van der Waals surface area contributed by atoms with Crippen molar-refractivity contribution in [3.8, 4) is 0 Å². The Kier molecular flexibility index (Phi) is 3.36. The van der Waals surface area contributed by atoms with Crippen LogP contribution in [-0.2, 0) is 13.6 Å². The molecule has 2 aliphatic carbocycles. The van der Waals surface area contributed by atoms with Gasteiger partial charge >= 0.3 is 0 Å². The molecule has 0 amide bonds. The van der Waals surface area contributed by atoms with E-state index in [2.05, 4.69) is 47.6 Å². The second-order valence-corrected chi connectivity index (χ2v) is 8.05. The molecule has 3 rings (SSSR count). The molecule has 2 bridgehead atoms. The zero-order chi connectivity index (χ0) is 15.4. The smallest absolute Gasteiger partial charge is 0.204 e. The van der Waals surface area contributed by atoms with E-state index in [1.54, 1.807) is 0 Å². The molecule has 21 heavy (non-hydrogen) atoms. The van der Waals surface area contributed by atoms with Gasteiger partial charge in [0.2, 0.25) is 5.95 Å². The van der Waals surface area contributed by atoms with Crippen molar-refractivity contribution in [2.24, 2.45) is 23.8 Å². The molecule has 2 aliphatic rings. The lowest BCUT2D eigenvalue weighted by Crippen LogP contribution is -2.44. The van der Waals surface area contributed by atoms with Crippen LogP contribution < -0.4 is 10.2 Å². The first-order valence-corrected chi connectivity index (χ1v) is 8.18. The van der Waals surface area contributed by atoms with Crippen molar-refractivity contribution in [2.75, 3.05) is 19.0 Å². The van der Waals surface area contributed by atoms with Crippen LogP contribution in [0, 0.1) is 16.7 Å². The Morgan fingerprint density at radius 2 is 2.10 bits per heavy atom. The summed E-state index contributed by atoms with van der Waals surface area (Å²) >= 11 is 0. The Hall–Kier alpha value is -1.03. The highest BCUT2D eigenvalue weighted by Crippen LogP contribution is 2.65. The minimum atomic E-state index is 0.445. The van der Waals surface area contributed by atoms with Gasteiger partial charge in [0.1, 0.15) is 0 Å². The third-order valence-electron chi connectivity index (χ3n) is 6.78. The van der Waals surface area contributed by atoms with E-state index >= 15 is 0 Å². The van der Waals surface area contributed by atoms with Crippen molar-refractivity contribution >= 4 is 5.95 Å². The molecule has 0 spiro atoms. The van der Waals surface area contributed by atoms with Gasteiger partial charge in [-0.15, -0.1) is 0 Å². The number of nitrogens with zero attached hydrogens (tertiary/aromatic N) is 3. The summed E-state index contributed by atoms with van der Waals surface area (Å²) in [5.41, 5.74) is 2.19. The molecule has 3 atom stereocenters. The maximum absolute atomic E-state index is 4.50. The Labute approximate surface area is 128 Å². The van der Waals surface area contributed by atoms with Crippen LogP contribution in [0.25, 0.3) is 0 Å². The van der Waals surface area contributed by atoms with Gasteiger partial charge in [0.15, 0.2) is 0 Å². The minimum absolute atomic E-state index is 0.445. The van der Waals surface area contributed by atoms with Gasteiger partial charge in [-0.3, -0.25) is 0 Å². The molecule has 0 aliphatic heterocycles. The van der Waals surface area contributed by atoms with Crippen LogP contribution in [0.1, 0.15) is 45.7 Å². The van der Waals surface area contributed by atoms with Gasteiger partial charge in [-0.2, -0.15) is 0 Å². The van der Waals surface area contributed by atoms with Crippen LogP contribution in [0.5, 0.6) is 0 Å². The first kappa shape index (κ1) is 14.9. The highest BCUT2D eigenvalue weighted by molar-refractivity contribution is 5.31. The topological polar surface area (TPSA) is 33.1 Å². The van der Waals surface area contributed by atoms with Gasteiger partial charge in [-0.05, 0) is 36.0 Å². The zero-order valence-electron chi connectivity index (χ0n) is 14.4. The Morgan fingerprint density at radius 3 is 2.57 bits per heavy atom. The van der Waals surface area contributed by atoms with Gasteiger partial charge in [-0.25, -0.2) is 4.98 Å². The largest absolute Gasteiger partial charge is 0.348 e. The summed E-state index contributed by atoms with van der Waals surface area (Å²) in [5, 5.41) is 3.84. The van der Waals surface area contributed by atoms with Crippen molar-refractivity contribution < 1.29 is 0 Å². The fourth-order valence-electron chi connectivity index (χ4n) is 4.75. The van der Waals surface area contributed by atoms with E-state index in [0.717, 1.165) is 18.4 Å². The maximum Gasteiger partial charge on any atom is 0.204 e. The van der Waals surface area contributed by atoms with Crippen molar-refractivity contribution in [3.05, 3.63) is 11.9 Å². The molecule has 0 aromatic carbocycles. The summed E-state index contributed by atoms with van der Waals surface area (Å²) in [5.74, 6) is 1.91. The molecule has 4 heteroatoms. The van der Waals surface area contributed by atoms with Gasteiger partial charge in [-0.1, -0.05) is 20.8 Å². The van der Waals surface area contributed by atoms with Crippen LogP contribution >= 0.6 is 0 Å². The lowest BCUT2D eigenvalue weighted by molar-refractivity contribution is 0.120. The Bertz CT molecular complexity index is 531. The summed E-state index contributed by atoms with van der Waals surface area (Å²) in [6.07, 6.45) is 6.12. The number of rotatable bonds is 4. The molecule has 0 radical (unpaired) electrons. The van der Waals surface area contributed by atoms with Crippen molar-refractivity contribution in [1.29, 1.82) is 0 Å². The second-order valence-electron chi connectivity index (χ2n) is 8.05. The number of aromatic nitrogens is 2. The van der Waals surface area contributed by atoms with Crippen LogP contribution in [-0.4, -0.2) is 29.7 Å². The molecular weight excluding hydrogens is 260 g/mol. The van der Waals surface area contributed by atoms with E-state index in [4.69, 9.17) is 0 Å². The molecule has 2 saturated carbocycles. The van der Waals surface area contributed by atoms with Crippen LogP contribution in [0.15, 0.2) is 6.20 Å². The summed E-state index contributed by atoms with van der Waals surface area (Å²) < 4.78 is 2.19. The Morgan fingerprint density at radius 1 is 1.38 bits per heavy atom. The number of hydrogen-bond donors (Lipinski definition) is 1. The predicted octanol–water partition coefficient (Wildman–Crippen LogP) is 2.79. The van der Waals surface area contributed by atoms with E-state index in [0.29, 0.717) is 16.9 Å². The first-order chi connectivity index (χ1) is 9.77. The molecule has 1 aromatic heterocycles. The standard InChI is InChI=1S/C17H30N4/c1-16(2)12-7-8-17(16,3)14(9-12)18-10-13-11-19-15(20(4)5)21(13)6/h11-12,14,18H,7-10H2,1-6H3. The fraction of sp³-hybridized carbons (Fsp3) is 0.824. The third-order valence-corrected chi connectivity index (χ3v) is 6.78. The quantitative estimate of drug-likeness (QED) is 0.925. The summed E-state index contributed by atoms with van der Waals surface area (Å²) in [6.45, 7) is 8.35. The SMILES string of the molecule is CN(C)c1ncc(CNC2CC3CCC2(C)C3(C)C)n1C. The lowest BCUT2D eigenvalue weighted by atomic mass is 9.69. The summed E-state index contributed by atoms with van der Waals surface area (Å²) in [6, 6.07) is 0.643. The van der Waals surface area contributed by atoms with Crippen molar-refractivity contribution in [3.63, 3.8) is 0 Å². The molecule has 0 saturated heterocycles. The van der Waals surface area contributed by atoms with E-state index < -0.39 is 0 Å². The maximum atomic E-state index is 4.50. The normalized spacial score (nSPS) is 33.6. The molecular formula is C17H30N4. The zero-order valence-corrected chi connectivity index (χ0v) is 14.4. The summed E-state index contributed by atoms with van der Waals surface area (Å²) in [7, 11) is 6.18. The van der Waals surface area contributed by atoms with E-state index in [1.165, 1.54) is 25.0 Å². The fourth-order valence-corrected chi connectivity index (χ4v) is 4.75. The number of hydrogen-bond acceptors (Lipinski definition) is 3. The monoisotopic (exact) mass is 290 g/mol. The van der Waals surface area contributed by atoms with Crippen LogP contribution in [0.4, 0.5) is 5.95 Å². The second kappa shape index (κ2) is 4.73. The first-order valence-electron chi connectivity index (χ1n) is 8.18. The number of anilines is 1. The van der Waals surface area contributed by atoms with Gasteiger partial charge in [0.25, 0.3) is 0 Å². The van der Waals surface area contributed by atoms with Gasteiger partial charge in [0, 0.05) is 33.7 Å². The molecule has 3 unspecified atom stereocenters. The molecule has 2 fully saturated rings. The van der Waals surface area contributed by atoms with Crippen molar-refractivity contribution in [1.82, 2.24) is 14.9 Å². The predicted molar refractivity (Wildman–Crippen MR) is 87.4 cm³/mol. The average molecular weight is 290 g/mol. The highest BCUT2D eigenvalue weighted by Gasteiger charge is 2.60. The van der Waals surface area contributed by atoms with Gasteiger partial charge in [0.05, 0.1) is 11.9 Å². The number of fused-ring (bicyclic) bond motifs is 2. The van der Waals surface area contributed by atoms with E-state index in [-0.39, 0.29) is 0 Å². The minimum Gasteiger partial charge on any atom is -0.348 e. The summed E-state index contributed by atoms with van der Waals surface area (Å²) in [4.78, 5) is 6.56. The van der Waals surface area contributed by atoms with E-state index in [9.17, 15) is 0 Å². The molecule has 1 N–H and O–H groups in total. The average Bonchev–Trinajstić information content (AvgIpc) is 2.94. The van der Waals surface area contributed by atoms with Crippen molar-refractivity contribution in [2.45, 2.75) is 52.6 Å². The lowest BCUT2D eigenvalue weighted by Gasteiger charge is -2.39. The van der Waals surface area contributed by atoms with Gasteiger partial charge < -0.3 is 14.8 Å². The number of imidazole rings is 1. The Balaban J connectivity index is 1.70.